The van der Waals surface area contributed by atoms with Crippen molar-refractivity contribution in [2.24, 2.45) is 17.8 Å². The second-order valence-corrected chi connectivity index (χ2v) is 9.35. The van der Waals surface area contributed by atoms with E-state index in [2.05, 4.69) is 12.7 Å². The summed E-state index contributed by atoms with van der Waals surface area (Å²) in [5, 5.41) is 0. The Morgan fingerprint density at radius 1 is 0.879 bits per heavy atom. The number of rotatable bonds is 6. The summed E-state index contributed by atoms with van der Waals surface area (Å²) in [4.78, 5) is 0. The van der Waals surface area contributed by atoms with Crippen molar-refractivity contribution in [3.63, 3.8) is 0 Å². The van der Waals surface area contributed by atoms with Crippen LogP contribution in [0.15, 0.2) is 49.1 Å². The van der Waals surface area contributed by atoms with Gasteiger partial charge in [0.15, 0.2) is 17.4 Å². The standard InChI is InChI=1S/C28H30F4O/c1-3-5-10-33-28-25(31)15-22(16-26(28)32)27-23(29)13-21(14-24(27)30)20-9-8-18-11-17(4-2)6-7-19(18)12-20/h3-5,13-20H,2,6-12H2,1H3/b5-3+. The van der Waals surface area contributed by atoms with Gasteiger partial charge in [-0.1, -0.05) is 18.2 Å². The van der Waals surface area contributed by atoms with Crippen LogP contribution in [-0.4, -0.2) is 6.61 Å². The molecular weight excluding hydrogens is 428 g/mol. The molecule has 2 fully saturated rings. The Hall–Kier alpha value is -2.56. The number of benzene rings is 2. The molecule has 4 atom stereocenters. The van der Waals surface area contributed by atoms with Crippen LogP contribution in [0.3, 0.4) is 0 Å². The van der Waals surface area contributed by atoms with Crippen LogP contribution in [-0.2, 0) is 0 Å². The summed E-state index contributed by atoms with van der Waals surface area (Å²) in [5.41, 5.74) is 0.0263. The molecule has 2 aliphatic carbocycles. The smallest absolute Gasteiger partial charge is 0.191 e. The Bertz CT molecular complexity index is 998. The predicted molar refractivity (Wildman–Crippen MR) is 123 cm³/mol. The molecule has 0 spiro atoms. The molecule has 2 aliphatic rings. The van der Waals surface area contributed by atoms with E-state index in [9.17, 15) is 8.78 Å². The van der Waals surface area contributed by atoms with Crippen molar-refractivity contribution >= 4 is 0 Å². The minimum atomic E-state index is -0.995. The first-order valence-corrected chi connectivity index (χ1v) is 11.8. The van der Waals surface area contributed by atoms with Gasteiger partial charge in [0, 0.05) is 0 Å². The van der Waals surface area contributed by atoms with E-state index in [1.165, 1.54) is 12.1 Å². The highest BCUT2D eigenvalue weighted by molar-refractivity contribution is 5.66. The lowest BCUT2D eigenvalue weighted by atomic mass is 9.64. The fraction of sp³-hybridized carbons (Fsp3) is 0.429. The lowest BCUT2D eigenvalue weighted by molar-refractivity contribution is 0.133. The van der Waals surface area contributed by atoms with Crippen LogP contribution in [0, 0.1) is 41.0 Å². The molecule has 4 rings (SSSR count). The molecule has 2 saturated carbocycles. The van der Waals surface area contributed by atoms with Crippen LogP contribution in [0.2, 0.25) is 0 Å². The maximum absolute atomic E-state index is 15.1. The third-order valence-electron chi connectivity index (χ3n) is 7.37. The number of hydrogen-bond acceptors (Lipinski definition) is 1. The second-order valence-electron chi connectivity index (χ2n) is 9.35. The van der Waals surface area contributed by atoms with E-state index in [1.807, 2.05) is 0 Å². The molecule has 176 valence electrons. The van der Waals surface area contributed by atoms with E-state index < -0.39 is 34.6 Å². The summed E-state index contributed by atoms with van der Waals surface area (Å²) in [6.45, 7) is 5.69. The first kappa shape index (κ1) is 23.6. The van der Waals surface area contributed by atoms with Crippen molar-refractivity contribution in [1.82, 2.24) is 0 Å². The maximum atomic E-state index is 15.1. The van der Waals surface area contributed by atoms with Gasteiger partial charge in [-0.15, -0.1) is 6.58 Å². The van der Waals surface area contributed by atoms with Gasteiger partial charge in [0.1, 0.15) is 18.2 Å². The van der Waals surface area contributed by atoms with Gasteiger partial charge in [-0.2, -0.15) is 0 Å². The van der Waals surface area contributed by atoms with Crippen LogP contribution < -0.4 is 4.74 Å². The van der Waals surface area contributed by atoms with Gasteiger partial charge in [-0.3, -0.25) is 0 Å². The Balaban J connectivity index is 1.55. The molecule has 5 heteroatoms. The van der Waals surface area contributed by atoms with Gasteiger partial charge in [0.25, 0.3) is 0 Å². The zero-order chi connectivity index (χ0) is 23.5. The number of hydrogen-bond donors (Lipinski definition) is 0. The number of fused-ring (bicyclic) bond motifs is 1. The largest absolute Gasteiger partial charge is 0.483 e. The molecular formula is C28H30F4O. The van der Waals surface area contributed by atoms with Crippen molar-refractivity contribution < 1.29 is 22.3 Å². The van der Waals surface area contributed by atoms with E-state index >= 15 is 8.78 Å². The van der Waals surface area contributed by atoms with Gasteiger partial charge in [0.05, 0.1) is 5.56 Å². The molecule has 1 nitrogen and oxygen atoms in total. The molecule has 4 unspecified atom stereocenters. The quantitative estimate of drug-likeness (QED) is 0.312. The molecule has 33 heavy (non-hydrogen) atoms. The summed E-state index contributed by atoms with van der Waals surface area (Å²) in [5.74, 6) is -2.24. The third kappa shape index (κ3) is 5.02. The van der Waals surface area contributed by atoms with Crippen LogP contribution in [0.1, 0.15) is 56.9 Å². The van der Waals surface area contributed by atoms with Crippen LogP contribution in [0.4, 0.5) is 17.6 Å². The molecule has 2 aromatic rings. The summed E-state index contributed by atoms with van der Waals surface area (Å²) in [6.07, 6.45) is 11.6. The van der Waals surface area contributed by atoms with E-state index in [4.69, 9.17) is 4.74 Å². The Morgan fingerprint density at radius 2 is 1.52 bits per heavy atom. The van der Waals surface area contributed by atoms with Gasteiger partial charge >= 0.3 is 0 Å². The lowest BCUT2D eigenvalue weighted by Gasteiger charge is -2.41. The average molecular weight is 459 g/mol. The number of allylic oxidation sites excluding steroid dienone is 2. The normalized spacial score (nSPS) is 25.1. The SMILES string of the molecule is C=CC1CCC2CC(c3cc(F)c(-c4cc(F)c(OC/C=C/C)c(F)c4)c(F)c3)CCC2C1. The first-order chi connectivity index (χ1) is 15.9. The first-order valence-electron chi connectivity index (χ1n) is 11.8. The van der Waals surface area contributed by atoms with Crippen molar-refractivity contribution in [1.29, 1.82) is 0 Å². The number of halogens is 4. The molecule has 0 aromatic heterocycles. The Kier molecular flexibility index (Phi) is 7.26. The minimum Gasteiger partial charge on any atom is -0.483 e. The fourth-order valence-corrected chi connectivity index (χ4v) is 5.62. The molecule has 0 radical (unpaired) electrons. The van der Waals surface area contributed by atoms with E-state index in [0.717, 1.165) is 50.7 Å². The van der Waals surface area contributed by atoms with Crippen molar-refractivity contribution in [3.05, 3.63) is 77.9 Å². The molecule has 0 N–H and O–H groups in total. The summed E-state index contributed by atoms with van der Waals surface area (Å²) >= 11 is 0. The highest BCUT2D eigenvalue weighted by atomic mass is 19.1. The van der Waals surface area contributed by atoms with Gasteiger partial charge in [0.2, 0.25) is 0 Å². The van der Waals surface area contributed by atoms with Gasteiger partial charge in [-0.05, 0) is 105 Å². The highest BCUT2D eigenvalue weighted by Gasteiger charge is 2.35. The van der Waals surface area contributed by atoms with Crippen LogP contribution in [0.25, 0.3) is 11.1 Å². The monoisotopic (exact) mass is 458 g/mol. The van der Waals surface area contributed by atoms with Crippen molar-refractivity contribution in [2.75, 3.05) is 6.61 Å². The van der Waals surface area contributed by atoms with Gasteiger partial charge in [-0.25, -0.2) is 17.6 Å². The molecule has 0 bridgehead atoms. The zero-order valence-corrected chi connectivity index (χ0v) is 18.9. The molecule has 0 saturated heterocycles. The van der Waals surface area contributed by atoms with Gasteiger partial charge < -0.3 is 4.74 Å². The van der Waals surface area contributed by atoms with Crippen molar-refractivity contribution in [2.45, 2.75) is 51.4 Å². The average Bonchev–Trinajstić information content (AvgIpc) is 2.79. The zero-order valence-electron chi connectivity index (χ0n) is 18.9. The lowest BCUT2D eigenvalue weighted by Crippen LogP contribution is -2.30. The Labute approximate surface area is 193 Å². The second kappa shape index (κ2) is 10.1. The van der Waals surface area contributed by atoms with Crippen molar-refractivity contribution in [3.8, 4) is 16.9 Å². The van der Waals surface area contributed by atoms with E-state index in [0.29, 0.717) is 23.3 Å². The van der Waals surface area contributed by atoms with Crippen LogP contribution >= 0.6 is 0 Å². The highest BCUT2D eigenvalue weighted by Crippen LogP contribution is 2.48. The van der Waals surface area contributed by atoms with Crippen LogP contribution in [0.5, 0.6) is 5.75 Å². The molecule has 2 aromatic carbocycles. The third-order valence-corrected chi connectivity index (χ3v) is 7.37. The summed E-state index contributed by atoms with van der Waals surface area (Å²) < 4.78 is 64.1. The van der Waals surface area contributed by atoms with E-state index in [-0.39, 0.29) is 18.1 Å². The molecule has 0 aliphatic heterocycles. The van der Waals surface area contributed by atoms with E-state index in [1.54, 1.807) is 19.1 Å². The topological polar surface area (TPSA) is 9.23 Å². The maximum Gasteiger partial charge on any atom is 0.191 e. The number of ether oxygens (including phenoxy) is 1. The fourth-order valence-electron chi connectivity index (χ4n) is 5.62. The molecule has 0 heterocycles. The predicted octanol–water partition coefficient (Wildman–Crippen LogP) is 8.35. The summed E-state index contributed by atoms with van der Waals surface area (Å²) in [7, 11) is 0. The summed E-state index contributed by atoms with van der Waals surface area (Å²) in [6, 6.07) is 4.51. The minimum absolute atomic E-state index is 0.00140. The molecule has 0 amide bonds. The Morgan fingerprint density at radius 3 is 2.15 bits per heavy atom.